The van der Waals surface area contributed by atoms with Crippen LogP contribution in [-0.2, 0) is 0 Å². The van der Waals surface area contributed by atoms with Gasteiger partial charge in [-0.2, -0.15) is 0 Å². The van der Waals surface area contributed by atoms with Crippen LogP contribution in [-0.4, -0.2) is 12.3 Å². The molecule has 1 N–H and O–H groups in total. The number of hydrogen-bond acceptors (Lipinski definition) is 2. The lowest BCUT2D eigenvalue weighted by atomic mass is 10.1. The van der Waals surface area contributed by atoms with Crippen LogP contribution in [0.1, 0.15) is 30.6 Å². The summed E-state index contributed by atoms with van der Waals surface area (Å²) in [5.74, 6) is 0.137. The third-order valence-corrected chi connectivity index (χ3v) is 2.21. The summed E-state index contributed by atoms with van der Waals surface area (Å²) in [6, 6.07) is 5.30. The number of carbonyl (C=O) groups excluding carboxylic acids is 1. The maximum Gasteiger partial charge on any atom is 0.164 e. The molecule has 0 saturated heterocycles. The molecular weight excluding hydrogens is 233 g/mol. The molecule has 0 aliphatic carbocycles. The Kier molecular flexibility index (Phi) is 6.37. The fourth-order valence-corrected chi connectivity index (χ4v) is 1.46. The lowest BCUT2D eigenvalue weighted by Crippen LogP contribution is -2.05. The van der Waals surface area contributed by atoms with Gasteiger partial charge in [-0.1, -0.05) is 18.5 Å². The van der Waals surface area contributed by atoms with Gasteiger partial charge in [-0.3, -0.25) is 4.79 Å². The molecule has 0 aromatic heterocycles. The van der Waals surface area contributed by atoms with E-state index < -0.39 is 0 Å². The zero-order valence-corrected chi connectivity index (χ0v) is 10.4. The molecule has 0 aliphatic heterocycles. The number of rotatable bonds is 4. The summed E-state index contributed by atoms with van der Waals surface area (Å²) in [6.07, 6.45) is 0.514. The molecule has 0 fully saturated rings. The van der Waals surface area contributed by atoms with E-state index in [0.717, 1.165) is 17.8 Å². The largest absolute Gasteiger partial charge is 0.385 e. The minimum atomic E-state index is 0. The van der Waals surface area contributed by atoms with Crippen LogP contribution in [0.3, 0.4) is 0 Å². The minimum absolute atomic E-state index is 0. The van der Waals surface area contributed by atoms with Gasteiger partial charge in [0.05, 0.1) is 0 Å². The first-order valence-electron chi connectivity index (χ1n) is 4.75. The predicted molar refractivity (Wildman–Crippen MR) is 67.5 cm³/mol. The Morgan fingerprint density at radius 3 is 2.60 bits per heavy atom. The van der Waals surface area contributed by atoms with Gasteiger partial charge >= 0.3 is 0 Å². The Morgan fingerprint density at radius 2 is 2.07 bits per heavy atom. The van der Waals surface area contributed by atoms with Crippen molar-refractivity contribution in [1.29, 1.82) is 0 Å². The highest BCUT2D eigenvalue weighted by Gasteiger charge is 2.08. The van der Waals surface area contributed by atoms with Gasteiger partial charge in [0.1, 0.15) is 0 Å². The van der Waals surface area contributed by atoms with Gasteiger partial charge in [-0.15, -0.1) is 12.4 Å². The summed E-state index contributed by atoms with van der Waals surface area (Å²) in [5.41, 5.74) is 1.55. The van der Waals surface area contributed by atoms with E-state index in [4.69, 9.17) is 11.6 Å². The second-order valence-corrected chi connectivity index (χ2v) is 3.43. The molecule has 0 unspecified atom stereocenters. The molecule has 0 radical (unpaired) electrons. The summed E-state index contributed by atoms with van der Waals surface area (Å²) in [5, 5.41) is 3.77. The molecule has 15 heavy (non-hydrogen) atoms. The first-order chi connectivity index (χ1) is 6.69. The van der Waals surface area contributed by atoms with Crippen molar-refractivity contribution in [2.24, 2.45) is 0 Å². The maximum atomic E-state index is 11.5. The Balaban J connectivity index is 0.00000196. The van der Waals surface area contributed by atoms with Gasteiger partial charge in [0, 0.05) is 29.2 Å². The van der Waals surface area contributed by atoms with E-state index in [0.29, 0.717) is 11.4 Å². The average molecular weight is 248 g/mol. The number of halogens is 2. The molecule has 0 atom stereocenters. The summed E-state index contributed by atoms with van der Waals surface area (Å²) in [4.78, 5) is 11.5. The van der Waals surface area contributed by atoms with Crippen LogP contribution >= 0.6 is 24.0 Å². The lowest BCUT2D eigenvalue weighted by molar-refractivity contribution is 0.0989. The van der Waals surface area contributed by atoms with Crippen molar-refractivity contribution in [2.75, 3.05) is 11.9 Å². The molecule has 4 heteroatoms. The first-order valence-corrected chi connectivity index (χ1v) is 5.13. The molecule has 1 aromatic rings. The highest BCUT2D eigenvalue weighted by molar-refractivity contribution is 6.31. The Labute approximate surface area is 101 Å². The van der Waals surface area contributed by atoms with Crippen LogP contribution in [0.2, 0.25) is 5.02 Å². The number of anilines is 1. The van der Waals surface area contributed by atoms with Gasteiger partial charge in [0.15, 0.2) is 5.78 Å². The van der Waals surface area contributed by atoms with Crippen molar-refractivity contribution in [2.45, 2.75) is 20.3 Å². The van der Waals surface area contributed by atoms with Gasteiger partial charge in [0.2, 0.25) is 0 Å². The van der Waals surface area contributed by atoms with E-state index in [-0.39, 0.29) is 18.2 Å². The Hall–Kier alpha value is -0.730. The van der Waals surface area contributed by atoms with Gasteiger partial charge in [-0.05, 0) is 25.1 Å². The van der Waals surface area contributed by atoms with Crippen molar-refractivity contribution < 1.29 is 4.79 Å². The van der Waals surface area contributed by atoms with E-state index in [1.807, 2.05) is 13.8 Å². The molecule has 0 saturated carbocycles. The quantitative estimate of drug-likeness (QED) is 0.821. The summed E-state index contributed by atoms with van der Waals surface area (Å²) in [6.45, 7) is 4.62. The van der Waals surface area contributed by atoms with Gasteiger partial charge in [-0.25, -0.2) is 0 Å². The van der Waals surface area contributed by atoms with Crippen molar-refractivity contribution in [1.82, 2.24) is 0 Å². The average Bonchev–Trinajstić information content (AvgIpc) is 2.17. The number of Topliss-reactive ketones (excluding diaryl/α,β-unsaturated/α-hetero) is 1. The summed E-state index contributed by atoms with van der Waals surface area (Å²) >= 11 is 5.85. The molecule has 1 rings (SSSR count). The molecule has 0 heterocycles. The normalized spacial score (nSPS) is 9.27. The topological polar surface area (TPSA) is 29.1 Å². The summed E-state index contributed by atoms with van der Waals surface area (Å²) in [7, 11) is 0. The zero-order chi connectivity index (χ0) is 10.6. The van der Waals surface area contributed by atoms with E-state index in [1.54, 1.807) is 18.2 Å². The second kappa shape index (κ2) is 6.70. The second-order valence-electron chi connectivity index (χ2n) is 3.00. The molecule has 2 nitrogen and oxygen atoms in total. The van der Waals surface area contributed by atoms with Crippen LogP contribution in [0.15, 0.2) is 18.2 Å². The SMILES string of the molecule is CCNc1cc(Cl)ccc1C(=O)CC.Cl. The van der Waals surface area contributed by atoms with E-state index in [1.165, 1.54) is 0 Å². The van der Waals surface area contributed by atoms with Crippen LogP contribution in [0.25, 0.3) is 0 Å². The van der Waals surface area contributed by atoms with Crippen molar-refractivity contribution in [3.05, 3.63) is 28.8 Å². The monoisotopic (exact) mass is 247 g/mol. The zero-order valence-electron chi connectivity index (χ0n) is 8.84. The lowest BCUT2D eigenvalue weighted by Gasteiger charge is -2.09. The fraction of sp³-hybridized carbons (Fsp3) is 0.364. The fourth-order valence-electron chi connectivity index (χ4n) is 1.29. The first kappa shape index (κ1) is 14.3. The molecular formula is C11H15Cl2NO. The molecule has 0 spiro atoms. The third-order valence-electron chi connectivity index (χ3n) is 1.97. The third kappa shape index (κ3) is 3.73. The maximum absolute atomic E-state index is 11.5. The minimum Gasteiger partial charge on any atom is -0.385 e. The molecule has 84 valence electrons. The van der Waals surface area contributed by atoms with Crippen LogP contribution in [0.5, 0.6) is 0 Å². The number of benzene rings is 1. The summed E-state index contributed by atoms with van der Waals surface area (Å²) < 4.78 is 0. The smallest absolute Gasteiger partial charge is 0.164 e. The Bertz CT molecular complexity index is 339. The van der Waals surface area contributed by atoms with Gasteiger partial charge in [0.25, 0.3) is 0 Å². The molecule has 0 amide bonds. The van der Waals surface area contributed by atoms with Crippen molar-refractivity contribution in [3.8, 4) is 0 Å². The van der Waals surface area contributed by atoms with Gasteiger partial charge < -0.3 is 5.32 Å². The molecule has 1 aromatic carbocycles. The number of nitrogens with one attached hydrogen (secondary N) is 1. The van der Waals surface area contributed by atoms with Crippen molar-refractivity contribution in [3.63, 3.8) is 0 Å². The number of carbonyl (C=O) groups is 1. The highest BCUT2D eigenvalue weighted by atomic mass is 35.5. The standard InChI is InChI=1S/C11H14ClNO.ClH/c1-3-11(14)9-6-5-8(12)7-10(9)13-4-2;/h5-7,13H,3-4H2,1-2H3;1H. The van der Waals surface area contributed by atoms with Crippen molar-refractivity contribution >= 4 is 35.5 Å². The van der Waals surface area contributed by atoms with E-state index in [9.17, 15) is 4.79 Å². The number of ketones is 1. The molecule has 0 bridgehead atoms. The highest BCUT2D eigenvalue weighted by Crippen LogP contribution is 2.22. The van der Waals surface area contributed by atoms with Crippen LogP contribution in [0.4, 0.5) is 5.69 Å². The van der Waals surface area contributed by atoms with E-state index >= 15 is 0 Å². The molecule has 0 aliphatic rings. The van der Waals surface area contributed by atoms with E-state index in [2.05, 4.69) is 5.32 Å². The van der Waals surface area contributed by atoms with Crippen LogP contribution < -0.4 is 5.32 Å². The van der Waals surface area contributed by atoms with Crippen LogP contribution in [0, 0.1) is 0 Å². The predicted octanol–water partition coefficient (Wildman–Crippen LogP) is 3.79. The Morgan fingerprint density at radius 1 is 1.40 bits per heavy atom. The number of hydrogen-bond donors (Lipinski definition) is 1.